The number of rotatable bonds is 6. The molecule has 0 saturated carbocycles. The molecule has 1 aliphatic heterocycles. The van der Waals surface area contributed by atoms with Crippen LogP contribution in [0.2, 0.25) is 0 Å². The minimum absolute atomic E-state index is 0.160. The summed E-state index contributed by atoms with van der Waals surface area (Å²) in [6.45, 7) is 0.160. The fourth-order valence-electron chi connectivity index (χ4n) is 6.24. The van der Waals surface area contributed by atoms with Crippen molar-refractivity contribution in [2.24, 2.45) is 0 Å². The highest BCUT2D eigenvalue weighted by Gasteiger charge is 2.29. The largest absolute Gasteiger partial charge is 0.360 e. The third-order valence-corrected chi connectivity index (χ3v) is 9.97. The predicted octanol–water partition coefficient (Wildman–Crippen LogP) is 8.48. The smallest absolute Gasteiger partial charge is 0.265 e. The molecule has 0 saturated heterocycles. The van der Waals surface area contributed by atoms with E-state index in [0.717, 1.165) is 45.5 Å². The van der Waals surface area contributed by atoms with Crippen LogP contribution in [0.25, 0.3) is 32.6 Å². The number of thiophene rings is 1. The molecular weight excluding hydrogens is 690 g/mol. The number of aromatic amines is 1. The lowest BCUT2D eigenvalue weighted by molar-refractivity contribution is 0.0985. The van der Waals surface area contributed by atoms with Crippen LogP contribution in [0.4, 0.5) is 30.2 Å². The van der Waals surface area contributed by atoms with Crippen LogP contribution in [0.15, 0.2) is 110 Å². The van der Waals surface area contributed by atoms with Crippen molar-refractivity contribution in [3.05, 3.63) is 149 Å². The van der Waals surface area contributed by atoms with Crippen molar-refractivity contribution < 1.29 is 27.6 Å². The van der Waals surface area contributed by atoms with Crippen molar-refractivity contribution in [2.75, 3.05) is 22.1 Å². The molecule has 8 rings (SSSR count). The number of aromatic nitrogens is 3. The van der Waals surface area contributed by atoms with Crippen LogP contribution >= 0.6 is 11.3 Å². The molecule has 0 unspecified atom stereocenters. The zero-order chi connectivity index (χ0) is 35.9. The number of carbonyl (C=O) groups is 3. The Balaban J connectivity index is 1.02. The van der Waals surface area contributed by atoms with E-state index < -0.39 is 40.9 Å². The van der Waals surface area contributed by atoms with Gasteiger partial charge in [-0.15, -0.1) is 11.3 Å². The molecule has 3 N–H and O–H groups in total. The quantitative estimate of drug-likeness (QED) is 0.160. The molecule has 52 heavy (non-hydrogen) atoms. The molecule has 256 valence electrons. The standard InChI is InChI=1S/C39H25F3N6O3S/c40-23-8-11-25-32(18-23)48(16-13-22-17-33(52-36(22)25)38(50)47-35-29(41)4-1-5-30(35)42)39(51)21-6-9-24(10-7-21)46-37(49)26-3-2-14-44-34(26)28-20-45-31-12-15-43-19-27(28)31/h1-12,14-15,17-20,45H,13,16H2,(H,46,49)(H,47,50). The molecular formula is C39H25F3N6O3S. The molecule has 0 aliphatic carbocycles. The Bertz CT molecular complexity index is 2530. The summed E-state index contributed by atoms with van der Waals surface area (Å²) in [5, 5.41) is 6.01. The van der Waals surface area contributed by atoms with Gasteiger partial charge >= 0.3 is 0 Å². The number of amides is 3. The highest BCUT2D eigenvalue weighted by molar-refractivity contribution is 7.17. The third kappa shape index (κ3) is 5.96. The summed E-state index contributed by atoms with van der Waals surface area (Å²) in [6, 6.07) is 20.6. The van der Waals surface area contributed by atoms with Crippen LogP contribution in [0.1, 0.15) is 36.0 Å². The molecule has 13 heteroatoms. The predicted molar refractivity (Wildman–Crippen MR) is 193 cm³/mol. The fourth-order valence-corrected chi connectivity index (χ4v) is 7.38. The van der Waals surface area contributed by atoms with E-state index >= 15 is 0 Å². The molecule has 5 heterocycles. The van der Waals surface area contributed by atoms with E-state index in [1.165, 1.54) is 23.1 Å². The number of pyridine rings is 2. The Morgan fingerprint density at radius 2 is 1.63 bits per heavy atom. The first-order valence-corrected chi connectivity index (χ1v) is 16.8. The second-order valence-electron chi connectivity index (χ2n) is 11.9. The first kappa shape index (κ1) is 32.6. The average molecular weight is 715 g/mol. The summed E-state index contributed by atoms with van der Waals surface area (Å²) in [4.78, 5) is 54.6. The highest BCUT2D eigenvalue weighted by Crippen LogP contribution is 2.42. The first-order chi connectivity index (χ1) is 25.2. The normalized spacial score (nSPS) is 12.2. The summed E-state index contributed by atoms with van der Waals surface area (Å²) in [7, 11) is 0. The Morgan fingerprint density at radius 1 is 0.827 bits per heavy atom. The maximum atomic E-state index is 14.7. The summed E-state index contributed by atoms with van der Waals surface area (Å²) in [5.41, 5.74) is 4.20. The van der Waals surface area contributed by atoms with Gasteiger partial charge in [0.2, 0.25) is 0 Å². The minimum Gasteiger partial charge on any atom is -0.360 e. The van der Waals surface area contributed by atoms with Crippen LogP contribution < -0.4 is 15.5 Å². The Kier molecular flexibility index (Phi) is 8.32. The van der Waals surface area contributed by atoms with Crippen molar-refractivity contribution >= 4 is 57.0 Å². The first-order valence-electron chi connectivity index (χ1n) is 16.0. The van der Waals surface area contributed by atoms with Gasteiger partial charge in [-0.3, -0.25) is 24.4 Å². The van der Waals surface area contributed by atoms with Crippen molar-refractivity contribution in [3.8, 4) is 21.7 Å². The van der Waals surface area contributed by atoms with E-state index in [1.54, 1.807) is 73.3 Å². The van der Waals surface area contributed by atoms with E-state index in [0.29, 0.717) is 45.1 Å². The number of fused-ring (bicyclic) bond motifs is 4. The number of benzene rings is 3. The van der Waals surface area contributed by atoms with Crippen LogP contribution in [-0.4, -0.2) is 39.2 Å². The van der Waals surface area contributed by atoms with E-state index in [4.69, 9.17) is 0 Å². The van der Waals surface area contributed by atoms with Crippen molar-refractivity contribution in [1.82, 2.24) is 15.0 Å². The van der Waals surface area contributed by atoms with Gasteiger partial charge in [0.25, 0.3) is 17.7 Å². The molecule has 3 amide bonds. The number of hydrogen-bond donors (Lipinski definition) is 3. The topological polar surface area (TPSA) is 120 Å². The van der Waals surface area contributed by atoms with Crippen molar-refractivity contribution in [1.29, 1.82) is 0 Å². The molecule has 1 aliphatic rings. The maximum absolute atomic E-state index is 14.7. The monoisotopic (exact) mass is 714 g/mol. The molecule has 0 atom stereocenters. The number of nitrogens with one attached hydrogen (secondary N) is 3. The summed E-state index contributed by atoms with van der Waals surface area (Å²) in [6.07, 6.45) is 7.10. The van der Waals surface area contributed by atoms with Gasteiger partial charge in [-0.05, 0) is 90.8 Å². The van der Waals surface area contributed by atoms with Gasteiger partial charge in [0.05, 0.1) is 21.8 Å². The van der Waals surface area contributed by atoms with Crippen molar-refractivity contribution in [2.45, 2.75) is 6.42 Å². The third-order valence-electron chi connectivity index (χ3n) is 8.76. The molecule has 0 radical (unpaired) electrons. The van der Waals surface area contributed by atoms with Gasteiger partial charge < -0.3 is 20.5 Å². The van der Waals surface area contributed by atoms with Gasteiger partial charge in [-0.2, -0.15) is 0 Å². The van der Waals surface area contributed by atoms with E-state index in [2.05, 4.69) is 25.6 Å². The van der Waals surface area contributed by atoms with Gasteiger partial charge in [0.15, 0.2) is 0 Å². The molecule has 0 spiro atoms. The van der Waals surface area contributed by atoms with E-state index in [-0.39, 0.29) is 11.4 Å². The second-order valence-corrected chi connectivity index (χ2v) is 13.0. The van der Waals surface area contributed by atoms with Crippen LogP contribution in [-0.2, 0) is 6.42 Å². The molecule has 9 nitrogen and oxygen atoms in total. The number of H-pyrrole nitrogens is 1. The van der Waals surface area contributed by atoms with Crippen LogP contribution in [0.3, 0.4) is 0 Å². The number of hydrogen-bond acceptors (Lipinski definition) is 6. The van der Waals surface area contributed by atoms with Crippen LogP contribution in [0.5, 0.6) is 0 Å². The molecule has 0 bridgehead atoms. The van der Waals surface area contributed by atoms with Gasteiger partial charge in [0, 0.05) is 69.5 Å². The summed E-state index contributed by atoms with van der Waals surface area (Å²) >= 11 is 1.09. The summed E-state index contributed by atoms with van der Waals surface area (Å²) in [5.74, 6) is -3.84. The molecule has 3 aromatic carbocycles. The molecule has 4 aromatic heterocycles. The lowest BCUT2D eigenvalue weighted by Gasteiger charge is -2.23. The number of nitrogens with zero attached hydrogens (tertiary/aromatic N) is 3. The minimum atomic E-state index is -0.904. The van der Waals surface area contributed by atoms with E-state index in [1.807, 2.05) is 6.07 Å². The lowest BCUT2D eigenvalue weighted by Crippen LogP contribution is -2.32. The van der Waals surface area contributed by atoms with Crippen molar-refractivity contribution in [3.63, 3.8) is 0 Å². The number of anilines is 3. The van der Waals surface area contributed by atoms with Gasteiger partial charge in [-0.1, -0.05) is 6.07 Å². The number of para-hydroxylation sites is 1. The van der Waals surface area contributed by atoms with Gasteiger partial charge in [-0.25, -0.2) is 13.2 Å². The molecule has 0 fully saturated rings. The SMILES string of the molecule is O=C(Nc1c(F)cccc1F)c1cc2c(s1)-c1ccc(F)cc1N(C(=O)c1ccc(NC(=O)c3cccnc3-c3c[nH]c4ccncc34)cc1)CC2. The number of halogens is 3. The number of carbonyl (C=O) groups excluding carboxylic acids is 3. The Labute approximate surface area is 297 Å². The lowest BCUT2D eigenvalue weighted by atomic mass is 10.1. The van der Waals surface area contributed by atoms with E-state index in [9.17, 15) is 27.6 Å². The molecule has 7 aromatic rings. The maximum Gasteiger partial charge on any atom is 0.265 e. The summed E-state index contributed by atoms with van der Waals surface area (Å²) < 4.78 is 43.1. The highest BCUT2D eigenvalue weighted by atomic mass is 32.1. The zero-order valence-corrected chi connectivity index (χ0v) is 27.7. The van der Waals surface area contributed by atoms with Crippen LogP contribution in [0, 0.1) is 17.5 Å². The Hall–Kier alpha value is -6.60. The van der Waals surface area contributed by atoms with Gasteiger partial charge in [0.1, 0.15) is 23.1 Å². The fraction of sp³-hybridized carbons (Fsp3) is 0.0513. The Morgan fingerprint density at radius 3 is 2.44 bits per heavy atom. The zero-order valence-electron chi connectivity index (χ0n) is 26.9. The average Bonchev–Trinajstić information content (AvgIpc) is 3.75. The second kappa shape index (κ2) is 13.3.